The summed E-state index contributed by atoms with van der Waals surface area (Å²) in [5, 5.41) is 4.91. The highest BCUT2D eigenvalue weighted by Crippen LogP contribution is 2.50. The SMILES string of the molecule is CC(C)c1ccc2c(c1)C(C)(C)c1cc(-c3ccc(-c4c5ccccc5c(-c5ccccc5)c5ccncc45)cc3)ccc1-2. The Morgan fingerprint density at radius 2 is 1.05 bits per heavy atom. The number of nitrogens with zero attached hydrogens (tertiary/aromatic N) is 1. The highest BCUT2D eigenvalue weighted by molar-refractivity contribution is 6.21. The van der Waals surface area contributed by atoms with Crippen molar-refractivity contribution in [3.8, 4) is 44.5 Å². The maximum atomic E-state index is 4.58. The Bertz CT molecular complexity index is 2150. The van der Waals surface area contributed by atoms with E-state index in [0.29, 0.717) is 5.92 Å². The lowest BCUT2D eigenvalue weighted by Gasteiger charge is -2.23. The van der Waals surface area contributed by atoms with Gasteiger partial charge in [0.25, 0.3) is 0 Å². The second kappa shape index (κ2) is 10.0. The summed E-state index contributed by atoms with van der Waals surface area (Å²) in [7, 11) is 0. The minimum atomic E-state index is -0.0309. The molecule has 1 aliphatic rings. The van der Waals surface area contributed by atoms with Crippen LogP contribution in [-0.4, -0.2) is 4.98 Å². The van der Waals surface area contributed by atoms with Crippen LogP contribution in [0.2, 0.25) is 0 Å². The molecule has 7 aromatic rings. The average molecular weight is 566 g/mol. The largest absolute Gasteiger partial charge is 0.264 e. The molecule has 0 atom stereocenters. The van der Waals surface area contributed by atoms with Crippen molar-refractivity contribution < 1.29 is 0 Å². The zero-order valence-corrected chi connectivity index (χ0v) is 25.7. The standard InChI is InChI=1S/C43H35N/c1-27(2)31-18-20-33-34-21-19-32(25-40(34)43(3,4)39(33)24-31)28-14-16-30(17-15-28)42-36-13-9-8-12-35(36)41(29-10-6-5-7-11-29)37-22-23-44-26-38(37)42/h5-27H,1-4H3. The predicted octanol–water partition coefficient (Wildman–Crippen LogP) is 11.8. The first-order valence-electron chi connectivity index (χ1n) is 15.7. The molecule has 1 aliphatic carbocycles. The third-order valence-electron chi connectivity index (χ3n) is 9.76. The second-order valence-corrected chi connectivity index (χ2v) is 13.0. The Balaban J connectivity index is 1.24. The first-order chi connectivity index (χ1) is 21.4. The van der Waals surface area contributed by atoms with E-state index in [0.717, 1.165) is 0 Å². The number of fused-ring (bicyclic) bond motifs is 5. The Labute approximate surface area is 259 Å². The van der Waals surface area contributed by atoms with Crippen LogP contribution in [0.15, 0.2) is 134 Å². The third kappa shape index (κ3) is 4.03. The fourth-order valence-electron chi connectivity index (χ4n) is 7.37. The molecular formula is C43H35N. The van der Waals surface area contributed by atoms with Crippen LogP contribution >= 0.6 is 0 Å². The lowest BCUT2D eigenvalue weighted by molar-refractivity contribution is 0.658. The lowest BCUT2D eigenvalue weighted by Crippen LogP contribution is -2.15. The van der Waals surface area contributed by atoms with Crippen LogP contribution in [0.25, 0.3) is 66.1 Å². The highest BCUT2D eigenvalue weighted by atomic mass is 14.6. The van der Waals surface area contributed by atoms with Gasteiger partial charge in [-0.25, -0.2) is 0 Å². The third-order valence-corrected chi connectivity index (χ3v) is 9.76. The van der Waals surface area contributed by atoms with E-state index in [-0.39, 0.29) is 5.41 Å². The van der Waals surface area contributed by atoms with E-state index in [2.05, 4.69) is 154 Å². The summed E-state index contributed by atoms with van der Waals surface area (Å²) in [4.78, 5) is 4.58. The Morgan fingerprint density at radius 1 is 0.500 bits per heavy atom. The molecule has 1 heterocycles. The minimum Gasteiger partial charge on any atom is -0.264 e. The van der Waals surface area contributed by atoms with E-state index < -0.39 is 0 Å². The van der Waals surface area contributed by atoms with Crippen LogP contribution in [0.3, 0.4) is 0 Å². The molecule has 44 heavy (non-hydrogen) atoms. The van der Waals surface area contributed by atoms with Crippen molar-refractivity contribution >= 4 is 21.5 Å². The summed E-state index contributed by atoms with van der Waals surface area (Å²) in [6, 6.07) is 44.9. The van der Waals surface area contributed by atoms with Crippen LogP contribution in [0.1, 0.15) is 50.3 Å². The van der Waals surface area contributed by atoms with Gasteiger partial charge in [-0.3, -0.25) is 4.98 Å². The van der Waals surface area contributed by atoms with Gasteiger partial charge in [-0.15, -0.1) is 0 Å². The molecule has 0 radical (unpaired) electrons. The number of aromatic nitrogens is 1. The molecule has 6 aromatic carbocycles. The fraction of sp³-hybridized carbons (Fsp3) is 0.140. The van der Waals surface area contributed by atoms with E-state index >= 15 is 0 Å². The molecule has 0 amide bonds. The summed E-state index contributed by atoms with van der Waals surface area (Å²) < 4.78 is 0. The van der Waals surface area contributed by atoms with Crippen LogP contribution in [0.5, 0.6) is 0 Å². The maximum absolute atomic E-state index is 4.58. The Hall–Kier alpha value is -5.01. The van der Waals surface area contributed by atoms with Crippen LogP contribution < -0.4 is 0 Å². The van der Waals surface area contributed by atoms with Crippen molar-refractivity contribution in [3.63, 3.8) is 0 Å². The Kier molecular flexibility index (Phi) is 6.06. The molecule has 212 valence electrons. The van der Waals surface area contributed by atoms with E-state index in [4.69, 9.17) is 0 Å². The van der Waals surface area contributed by atoms with Gasteiger partial charge in [-0.05, 0) is 95.4 Å². The molecule has 1 nitrogen and oxygen atoms in total. The first kappa shape index (κ1) is 26.6. The van der Waals surface area contributed by atoms with Gasteiger partial charge in [0.05, 0.1) is 0 Å². The zero-order valence-electron chi connectivity index (χ0n) is 25.7. The molecular weight excluding hydrogens is 530 g/mol. The normalized spacial score (nSPS) is 13.4. The van der Waals surface area contributed by atoms with Crippen molar-refractivity contribution in [1.29, 1.82) is 0 Å². The summed E-state index contributed by atoms with van der Waals surface area (Å²) in [6.07, 6.45) is 3.94. The Morgan fingerprint density at radius 3 is 1.75 bits per heavy atom. The van der Waals surface area contributed by atoms with Crippen LogP contribution in [0, 0.1) is 0 Å². The quantitative estimate of drug-likeness (QED) is 0.193. The van der Waals surface area contributed by atoms with E-state index in [9.17, 15) is 0 Å². The molecule has 0 saturated heterocycles. The van der Waals surface area contributed by atoms with Crippen LogP contribution in [0.4, 0.5) is 0 Å². The van der Waals surface area contributed by atoms with Gasteiger partial charge in [0.2, 0.25) is 0 Å². The molecule has 0 bridgehead atoms. The number of hydrogen-bond donors (Lipinski definition) is 0. The fourth-order valence-corrected chi connectivity index (χ4v) is 7.37. The van der Waals surface area contributed by atoms with Crippen molar-refractivity contribution in [2.75, 3.05) is 0 Å². The monoisotopic (exact) mass is 565 g/mol. The number of benzene rings is 6. The van der Waals surface area contributed by atoms with Crippen molar-refractivity contribution in [2.45, 2.75) is 39.0 Å². The zero-order chi connectivity index (χ0) is 30.0. The second-order valence-electron chi connectivity index (χ2n) is 13.0. The predicted molar refractivity (Wildman–Crippen MR) is 187 cm³/mol. The summed E-state index contributed by atoms with van der Waals surface area (Å²) >= 11 is 0. The number of rotatable bonds is 4. The molecule has 8 rings (SSSR count). The topological polar surface area (TPSA) is 12.9 Å². The van der Waals surface area contributed by atoms with Gasteiger partial charge in [-0.1, -0.05) is 137 Å². The van der Waals surface area contributed by atoms with Gasteiger partial charge in [-0.2, -0.15) is 0 Å². The maximum Gasteiger partial charge on any atom is 0.0353 e. The molecule has 0 unspecified atom stereocenters. The smallest absolute Gasteiger partial charge is 0.0353 e. The van der Waals surface area contributed by atoms with E-state index in [1.807, 2.05) is 12.4 Å². The molecule has 0 saturated carbocycles. The molecule has 1 aromatic heterocycles. The van der Waals surface area contributed by atoms with Gasteiger partial charge in [0.15, 0.2) is 0 Å². The molecule has 0 aliphatic heterocycles. The summed E-state index contributed by atoms with van der Waals surface area (Å²) in [5.41, 5.74) is 14.4. The summed E-state index contributed by atoms with van der Waals surface area (Å²) in [6.45, 7) is 9.30. The number of pyridine rings is 1. The van der Waals surface area contributed by atoms with E-state index in [1.54, 1.807) is 0 Å². The highest BCUT2D eigenvalue weighted by Gasteiger charge is 2.35. The van der Waals surface area contributed by atoms with Gasteiger partial charge >= 0.3 is 0 Å². The van der Waals surface area contributed by atoms with E-state index in [1.165, 1.54) is 82.7 Å². The summed E-state index contributed by atoms with van der Waals surface area (Å²) in [5.74, 6) is 0.522. The first-order valence-corrected chi connectivity index (χ1v) is 15.7. The average Bonchev–Trinajstić information content (AvgIpc) is 3.29. The van der Waals surface area contributed by atoms with Crippen molar-refractivity contribution in [1.82, 2.24) is 4.98 Å². The van der Waals surface area contributed by atoms with Gasteiger partial charge < -0.3 is 0 Å². The van der Waals surface area contributed by atoms with Gasteiger partial charge in [0.1, 0.15) is 0 Å². The molecule has 1 heteroatoms. The molecule has 0 N–H and O–H groups in total. The van der Waals surface area contributed by atoms with Crippen molar-refractivity contribution in [2.24, 2.45) is 0 Å². The lowest BCUT2D eigenvalue weighted by atomic mass is 9.80. The number of hydrogen-bond acceptors (Lipinski definition) is 1. The van der Waals surface area contributed by atoms with Crippen molar-refractivity contribution in [3.05, 3.63) is 150 Å². The minimum absolute atomic E-state index is 0.0309. The van der Waals surface area contributed by atoms with Crippen LogP contribution in [-0.2, 0) is 5.41 Å². The molecule has 0 fully saturated rings. The van der Waals surface area contributed by atoms with Gasteiger partial charge in [0, 0.05) is 23.2 Å². The molecule has 0 spiro atoms.